The molecule has 92 valence electrons. The van der Waals surface area contributed by atoms with Gasteiger partial charge in [-0.15, -0.1) is 0 Å². The van der Waals surface area contributed by atoms with E-state index in [0.717, 1.165) is 5.56 Å². The molecular formula is C13H6N2O4. The monoisotopic (exact) mass is 254 g/mol. The van der Waals surface area contributed by atoms with E-state index in [1.165, 1.54) is 0 Å². The van der Waals surface area contributed by atoms with Gasteiger partial charge in [0.1, 0.15) is 11.0 Å². The third-order valence-electron chi connectivity index (χ3n) is 2.87. The zero-order valence-electron chi connectivity index (χ0n) is 9.76. The highest BCUT2D eigenvalue weighted by molar-refractivity contribution is 5.86. The van der Waals surface area contributed by atoms with Crippen LogP contribution in [0, 0.1) is 6.92 Å². The van der Waals surface area contributed by atoms with Gasteiger partial charge < -0.3 is 0 Å². The molecule has 3 aromatic rings. The van der Waals surface area contributed by atoms with Gasteiger partial charge in [-0.05, 0) is 24.6 Å². The van der Waals surface area contributed by atoms with Crippen LogP contribution in [0.15, 0.2) is 37.4 Å². The molecule has 6 nitrogen and oxygen atoms in total. The first kappa shape index (κ1) is 11.3. The van der Waals surface area contributed by atoms with Gasteiger partial charge in [-0.1, -0.05) is 6.07 Å². The summed E-state index contributed by atoms with van der Waals surface area (Å²) in [6.45, 7) is 1.84. The third kappa shape index (κ3) is 1.50. The number of aryl methyl sites for hydroxylation is 1. The second-order valence-corrected chi connectivity index (χ2v) is 4.23. The molecule has 0 bridgehead atoms. The summed E-state index contributed by atoms with van der Waals surface area (Å²) in [6.07, 6.45) is 0. The molecule has 0 N–H and O–H groups in total. The van der Waals surface area contributed by atoms with Crippen molar-refractivity contribution in [3.05, 3.63) is 64.7 Å². The predicted octanol–water partition coefficient (Wildman–Crippen LogP) is -0.592. The van der Waals surface area contributed by atoms with Crippen LogP contribution in [-0.4, -0.2) is 9.97 Å². The van der Waals surface area contributed by atoms with Gasteiger partial charge in [0.2, 0.25) is 0 Å². The fourth-order valence-corrected chi connectivity index (χ4v) is 1.90. The summed E-state index contributed by atoms with van der Waals surface area (Å²) in [5.41, 5.74) is -3.82. The van der Waals surface area contributed by atoms with Crippen LogP contribution in [0.3, 0.4) is 0 Å². The highest BCUT2D eigenvalue weighted by Gasteiger charge is 2.15. The highest BCUT2D eigenvalue weighted by Crippen LogP contribution is 2.12. The molecule has 19 heavy (non-hydrogen) atoms. The smallest absolute Gasteiger partial charge is 0.279 e. The second-order valence-electron chi connectivity index (χ2n) is 4.23. The second kappa shape index (κ2) is 3.61. The Morgan fingerprint density at radius 2 is 1.26 bits per heavy atom. The fourth-order valence-electron chi connectivity index (χ4n) is 1.90. The molecule has 0 aliphatic rings. The zero-order chi connectivity index (χ0) is 13.7. The normalized spacial score (nSPS) is 11.2. The van der Waals surface area contributed by atoms with Gasteiger partial charge in [-0.2, -0.15) is 0 Å². The van der Waals surface area contributed by atoms with Crippen molar-refractivity contribution in [2.24, 2.45) is 0 Å². The molecule has 0 atom stereocenters. The molecule has 0 aliphatic carbocycles. The molecule has 0 aliphatic heterocycles. The molecule has 0 spiro atoms. The summed E-state index contributed by atoms with van der Waals surface area (Å²) >= 11 is 0. The van der Waals surface area contributed by atoms with E-state index in [1.54, 1.807) is 18.2 Å². The minimum atomic E-state index is -1.35. The highest BCUT2D eigenvalue weighted by atomic mass is 16.2. The Morgan fingerprint density at radius 3 is 1.84 bits per heavy atom. The van der Waals surface area contributed by atoms with Gasteiger partial charge >= 0.3 is 0 Å². The van der Waals surface area contributed by atoms with E-state index in [4.69, 9.17) is 0 Å². The molecule has 2 aromatic carbocycles. The SMILES string of the molecule is Cc1ccc2nc3c(=O)c(=O)c(=O)c(=O)c3nc2c1. The van der Waals surface area contributed by atoms with E-state index in [2.05, 4.69) is 9.97 Å². The van der Waals surface area contributed by atoms with Gasteiger partial charge in [0.25, 0.3) is 21.7 Å². The first-order chi connectivity index (χ1) is 8.99. The first-order valence-corrected chi connectivity index (χ1v) is 5.45. The van der Waals surface area contributed by atoms with Gasteiger partial charge in [0.15, 0.2) is 0 Å². The van der Waals surface area contributed by atoms with E-state index < -0.39 is 21.7 Å². The lowest BCUT2D eigenvalue weighted by atomic mass is 10.2. The Balaban J connectivity index is 2.71. The summed E-state index contributed by atoms with van der Waals surface area (Å²) in [6, 6.07) is 5.09. The average molecular weight is 254 g/mol. The van der Waals surface area contributed by atoms with Gasteiger partial charge in [0, 0.05) is 0 Å². The average Bonchev–Trinajstić information content (AvgIpc) is 2.41. The molecular weight excluding hydrogens is 248 g/mol. The molecule has 0 fully saturated rings. The molecule has 0 unspecified atom stereocenters. The lowest BCUT2D eigenvalue weighted by Crippen LogP contribution is -2.47. The maximum absolute atomic E-state index is 11.7. The maximum atomic E-state index is 11.7. The van der Waals surface area contributed by atoms with Crippen molar-refractivity contribution in [3.63, 3.8) is 0 Å². The van der Waals surface area contributed by atoms with E-state index in [9.17, 15) is 19.2 Å². The van der Waals surface area contributed by atoms with Crippen LogP contribution >= 0.6 is 0 Å². The predicted molar refractivity (Wildman–Crippen MR) is 69.2 cm³/mol. The number of fused-ring (bicyclic) bond motifs is 2. The molecule has 6 heteroatoms. The largest absolute Gasteiger partial charge is 0.283 e. The molecule has 3 rings (SSSR count). The van der Waals surface area contributed by atoms with Gasteiger partial charge in [-0.3, -0.25) is 19.2 Å². The van der Waals surface area contributed by atoms with Crippen LogP contribution in [-0.2, 0) is 0 Å². The number of aromatic nitrogens is 2. The van der Waals surface area contributed by atoms with E-state index >= 15 is 0 Å². The summed E-state index contributed by atoms with van der Waals surface area (Å²) in [4.78, 5) is 53.9. The molecule has 0 saturated carbocycles. The minimum Gasteiger partial charge on any atom is -0.283 e. The van der Waals surface area contributed by atoms with Crippen molar-refractivity contribution in [2.75, 3.05) is 0 Å². The standard InChI is InChI=1S/C13H6N2O4/c1-5-2-3-6-7(4-5)15-9-8(14-6)10(16)12(18)13(19)11(9)17/h2-4H,1H3. The van der Waals surface area contributed by atoms with E-state index in [0.29, 0.717) is 11.0 Å². The Morgan fingerprint density at radius 1 is 0.737 bits per heavy atom. The van der Waals surface area contributed by atoms with Crippen molar-refractivity contribution >= 4 is 22.1 Å². The number of benzene rings is 2. The van der Waals surface area contributed by atoms with Crippen LogP contribution in [0.25, 0.3) is 22.1 Å². The number of nitrogens with zero attached hydrogens (tertiary/aromatic N) is 2. The minimum absolute atomic E-state index is 0.340. The quantitative estimate of drug-likeness (QED) is 0.393. The maximum Gasteiger partial charge on any atom is 0.279 e. The summed E-state index contributed by atoms with van der Waals surface area (Å²) in [5.74, 6) is 0. The van der Waals surface area contributed by atoms with Crippen molar-refractivity contribution in [2.45, 2.75) is 6.92 Å². The first-order valence-electron chi connectivity index (χ1n) is 5.45. The van der Waals surface area contributed by atoms with E-state index in [1.807, 2.05) is 6.92 Å². The van der Waals surface area contributed by atoms with Crippen molar-refractivity contribution < 1.29 is 0 Å². The Bertz CT molecular complexity index is 1050. The topological polar surface area (TPSA) is 94.1 Å². The summed E-state index contributed by atoms with van der Waals surface area (Å²) in [7, 11) is 0. The van der Waals surface area contributed by atoms with Crippen molar-refractivity contribution in [1.29, 1.82) is 0 Å². The van der Waals surface area contributed by atoms with Crippen molar-refractivity contribution in [1.82, 2.24) is 9.97 Å². The van der Waals surface area contributed by atoms with Gasteiger partial charge in [0.05, 0.1) is 11.0 Å². The Kier molecular flexibility index (Phi) is 2.16. The van der Waals surface area contributed by atoms with Crippen LogP contribution in [0.1, 0.15) is 5.56 Å². The van der Waals surface area contributed by atoms with Crippen LogP contribution in [0.2, 0.25) is 0 Å². The Labute approximate surface area is 104 Å². The Hall–Kier alpha value is -2.76. The number of rotatable bonds is 0. The lowest BCUT2D eigenvalue weighted by molar-refractivity contribution is 1.29. The van der Waals surface area contributed by atoms with Crippen LogP contribution in [0.5, 0.6) is 0 Å². The van der Waals surface area contributed by atoms with Crippen LogP contribution in [0.4, 0.5) is 0 Å². The van der Waals surface area contributed by atoms with E-state index in [-0.39, 0.29) is 11.0 Å². The van der Waals surface area contributed by atoms with Crippen molar-refractivity contribution in [3.8, 4) is 0 Å². The number of hydrogen-bond acceptors (Lipinski definition) is 6. The fraction of sp³-hybridized carbons (Fsp3) is 0.0769. The third-order valence-corrected chi connectivity index (χ3v) is 2.87. The van der Waals surface area contributed by atoms with Crippen LogP contribution < -0.4 is 21.7 Å². The molecule has 0 saturated heterocycles. The molecule has 1 heterocycles. The number of hydrogen-bond donors (Lipinski definition) is 0. The molecule has 1 aromatic heterocycles. The summed E-state index contributed by atoms with van der Waals surface area (Å²) < 4.78 is 0. The summed E-state index contributed by atoms with van der Waals surface area (Å²) in [5, 5.41) is 0. The lowest BCUT2D eigenvalue weighted by Gasteiger charge is -1.99. The zero-order valence-corrected chi connectivity index (χ0v) is 9.76. The molecule has 0 radical (unpaired) electrons. The van der Waals surface area contributed by atoms with Gasteiger partial charge in [-0.25, -0.2) is 9.97 Å². The molecule has 0 amide bonds.